The van der Waals surface area contributed by atoms with Crippen LogP contribution in [0.5, 0.6) is 0 Å². The maximum absolute atomic E-state index is 12.8. The lowest BCUT2D eigenvalue weighted by atomic mass is 10.1. The molecule has 2 aromatic rings. The summed E-state index contributed by atoms with van der Waals surface area (Å²) in [5, 5.41) is 4.14. The normalized spacial score (nSPS) is 11.3. The highest BCUT2D eigenvalue weighted by Gasteiger charge is 2.31. The van der Waals surface area contributed by atoms with Crippen molar-refractivity contribution in [3.05, 3.63) is 51.7 Å². The Hall–Kier alpha value is -2.19. The van der Waals surface area contributed by atoms with Gasteiger partial charge in [-0.2, -0.15) is 13.2 Å². The third-order valence-electron chi connectivity index (χ3n) is 3.21. The molecule has 0 radical (unpaired) electrons. The zero-order chi connectivity index (χ0) is 17.7. The van der Waals surface area contributed by atoms with E-state index >= 15 is 0 Å². The van der Waals surface area contributed by atoms with E-state index in [-0.39, 0.29) is 36.4 Å². The Morgan fingerprint density at radius 1 is 1.17 bits per heavy atom. The van der Waals surface area contributed by atoms with Gasteiger partial charge in [-0.25, -0.2) is 0 Å². The van der Waals surface area contributed by atoms with Crippen LogP contribution in [0.4, 0.5) is 18.9 Å². The van der Waals surface area contributed by atoms with Crippen molar-refractivity contribution in [3.63, 3.8) is 0 Å². The van der Waals surface area contributed by atoms with E-state index in [4.69, 9.17) is 5.73 Å². The van der Waals surface area contributed by atoms with Crippen LogP contribution in [0, 0.1) is 0 Å². The second-order valence-electron chi connectivity index (χ2n) is 5.07. The van der Waals surface area contributed by atoms with Crippen LogP contribution in [0.1, 0.15) is 33.6 Å². The first-order valence-electron chi connectivity index (χ1n) is 7.07. The molecule has 0 atom stereocenters. The van der Waals surface area contributed by atoms with Crippen LogP contribution in [0.15, 0.2) is 35.7 Å². The Bertz CT molecular complexity index is 727. The number of carbonyl (C=O) groups is 2. The highest BCUT2D eigenvalue weighted by atomic mass is 32.1. The molecule has 128 valence electrons. The molecular formula is C16H15F3N2O2S. The molecule has 1 amide bonds. The Kier molecular flexibility index (Phi) is 5.74. The number of carbonyl (C=O) groups excluding carboxylic acids is 2. The standard InChI is InChI=1S/C16H15F3N2O2S/c17-16(18,19)11-6-10(9-20)7-12(8-11)21-15(23)4-3-13(22)14-2-1-5-24-14/h1-2,5-8H,3-4,9,20H2,(H,21,23). The van der Waals surface area contributed by atoms with Crippen LogP contribution < -0.4 is 11.1 Å². The Balaban J connectivity index is 2.02. The van der Waals surface area contributed by atoms with Gasteiger partial charge in [0.05, 0.1) is 10.4 Å². The second-order valence-corrected chi connectivity index (χ2v) is 6.02. The molecule has 0 spiro atoms. The van der Waals surface area contributed by atoms with Gasteiger partial charge in [-0.3, -0.25) is 9.59 Å². The topological polar surface area (TPSA) is 72.2 Å². The number of Topliss-reactive ketones (excluding diaryl/α,β-unsaturated/α-hetero) is 1. The molecule has 0 unspecified atom stereocenters. The Morgan fingerprint density at radius 3 is 2.50 bits per heavy atom. The number of halogens is 3. The molecule has 1 aromatic heterocycles. The number of nitrogens with one attached hydrogen (secondary N) is 1. The summed E-state index contributed by atoms with van der Waals surface area (Å²) in [6.45, 7) is -0.0797. The largest absolute Gasteiger partial charge is 0.416 e. The highest BCUT2D eigenvalue weighted by Crippen LogP contribution is 2.32. The van der Waals surface area contributed by atoms with Crippen LogP contribution in [0.3, 0.4) is 0 Å². The Labute approximate surface area is 140 Å². The number of anilines is 1. The summed E-state index contributed by atoms with van der Waals surface area (Å²) in [6.07, 6.45) is -4.64. The second kappa shape index (κ2) is 7.59. The van der Waals surface area contributed by atoms with Gasteiger partial charge in [0.1, 0.15) is 0 Å². The first-order chi connectivity index (χ1) is 11.3. The first kappa shape index (κ1) is 18.2. The molecule has 1 aromatic carbocycles. The van der Waals surface area contributed by atoms with E-state index in [1.54, 1.807) is 17.5 Å². The average molecular weight is 356 g/mol. The summed E-state index contributed by atoms with van der Waals surface area (Å²) in [4.78, 5) is 24.2. The summed E-state index contributed by atoms with van der Waals surface area (Å²) >= 11 is 1.28. The number of amides is 1. The fourth-order valence-corrected chi connectivity index (χ4v) is 2.75. The first-order valence-corrected chi connectivity index (χ1v) is 7.95. The number of rotatable bonds is 6. The Morgan fingerprint density at radius 2 is 1.92 bits per heavy atom. The lowest BCUT2D eigenvalue weighted by Gasteiger charge is -2.12. The van der Waals surface area contributed by atoms with E-state index in [0.29, 0.717) is 4.88 Å². The van der Waals surface area contributed by atoms with Crippen LogP contribution >= 0.6 is 11.3 Å². The molecule has 2 rings (SSSR count). The highest BCUT2D eigenvalue weighted by molar-refractivity contribution is 7.12. The van der Waals surface area contributed by atoms with Crippen molar-refractivity contribution >= 4 is 28.7 Å². The van der Waals surface area contributed by atoms with Crippen LogP contribution in [0.2, 0.25) is 0 Å². The van der Waals surface area contributed by atoms with Crippen molar-refractivity contribution in [1.29, 1.82) is 0 Å². The SMILES string of the molecule is NCc1cc(NC(=O)CCC(=O)c2cccs2)cc(C(F)(F)F)c1. The van der Waals surface area contributed by atoms with Crippen molar-refractivity contribution in [2.75, 3.05) is 5.32 Å². The molecule has 0 aliphatic heterocycles. The van der Waals surface area contributed by atoms with Gasteiger partial charge >= 0.3 is 6.18 Å². The zero-order valence-electron chi connectivity index (χ0n) is 12.5. The van der Waals surface area contributed by atoms with E-state index in [2.05, 4.69) is 5.32 Å². The van der Waals surface area contributed by atoms with E-state index < -0.39 is 17.6 Å². The van der Waals surface area contributed by atoms with Crippen molar-refractivity contribution in [1.82, 2.24) is 0 Å². The van der Waals surface area contributed by atoms with Crippen molar-refractivity contribution in [2.45, 2.75) is 25.6 Å². The van der Waals surface area contributed by atoms with Gasteiger partial charge in [0.2, 0.25) is 5.91 Å². The molecule has 0 aliphatic carbocycles. The van der Waals surface area contributed by atoms with Crippen molar-refractivity contribution < 1.29 is 22.8 Å². The fraction of sp³-hybridized carbons (Fsp3) is 0.250. The van der Waals surface area contributed by atoms with Crippen LogP contribution in [-0.4, -0.2) is 11.7 Å². The summed E-state index contributed by atoms with van der Waals surface area (Å²) in [7, 11) is 0. The van der Waals surface area contributed by atoms with Gasteiger partial charge < -0.3 is 11.1 Å². The van der Waals surface area contributed by atoms with Gasteiger partial charge in [0.15, 0.2) is 5.78 Å². The average Bonchev–Trinajstić information content (AvgIpc) is 3.06. The molecule has 0 fully saturated rings. The minimum absolute atomic E-state index is 0.00491. The summed E-state index contributed by atoms with van der Waals surface area (Å²) in [6, 6.07) is 6.56. The predicted octanol–water partition coefficient (Wildman–Crippen LogP) is 3.83. The van der Waals surface area contributed by atoms with E-state index in [1.807, 2.05) is 0 Å². The lowest BCUT2D eigenvalue weighted by Crippen LogP contribution is -2.15. The quantitative estimate of drug-likeness (QED) is 0.773. The number of hydrogen-bond acceptors (Lipinski definition) is 4. The van der Waals surface area contributed by atoms with E-state index in [1.165, 1.54) is 17.4 Å². The van der Waals surface area contributed by atoms with Gasteiger partial charge in [-0.05, 0) is 35.2 Å². The third kappa shape index (κ3) is 4.90. The van der Waals surface area contributed by atoms with Crippen molar-refractivity contribution in [2.24, 2.45) is 5.73 Å². The summed E-state index contributed by atoms with van der Waals surface area (Å²) in [5.41, 5.74) is 4.78. The smallest absolute Gasteiger partial charge is 0.326 e. The number of alkyl halides is 3. The van der Waals surface area contributed by atoms with Gasteiger partial charge in [-0.15, -0.1) is 11.3 Å². The number of ketones is 1. The predicted molar refractivity (Wildman–Crippen MR) is 85.8 cm³/mol. The zero-order valence-corrected chi connectivity index (χ0v) is 13.3. The molecule has 4 nitrogen and oxygen atoms in total. The van der Waals surface area contributed by atoms with Gasteiger partial charge in [0.25, 0.3) is 0 Å². The minimum atomic E-state index is -4.53. The maximum Gasteiger partial charge on any atom is 0.416 e. The van der Waals surface area contributed by atoms with Crippen LogP contribution in [0.25, 0.3) is 0 Å². The van der Waals surface area contributed by atoms with E-state index in [0.717, 1.165) is 12.1 Å². The molecule has 1 heterocycles. The number of benzene rings is 1. The molecular weight excluding hydrogens is 341 g/mol. The number of hydrogen-bond donors (Lipinski definition) is 2. The van der Waals surface area contributed by atoms with Crippen LogP contribution in [-0.2, 0) is 17.5 Å². The minimum Gasteiger partial charge on any atom is -0.326 e. The van der Waals surface area contributed by atoms with Gasteiger partial charge in [-0.1, -0.05) is 6.07 Å². The van der Waals surface area contributed by atoms with E-state index in [9.17, 15) is 22.8 Å². The fourth-order valence-electron chi connectivity index (χ4n) is 2.06. The summed E-state index contributed by atoms with van der Waals surface area (Å²) < 4.78 is 38.5. The molecule has 0 saturated heterocycles. The molecule has 0 aliphatic rings. The summed E-state index contributed by atoms with van der Waals surface area (Å²) in [5.74, 6) is -0.700. The molecule has 8 heteroatoms. The number of thiophene rings is 1. The monoisotopic (exact) mass is 356 g/mol. The molecule has 0 saturated carbocycles. The number of nitrogens with two attached hydrogens (primary N) is 1. The van der Waals surface area contributed by atoms with Gasteiger partial charge in [0, 0.05) is 25.1 Å². The maximum atomic E-state index is 12.8. The third-order valence-corrected chi connectivity index (χ3v) is 4.13. The van der Waals surface area contributed by atoms with Crippen molar-refractivity contribution in [3.8, 4) is 0 Å². The molecule has 0 bridgehead atoms. The molecule has 24 heavy (non-hydrogen) atoms. The lowest BCUT2D eigenvalue weighted by molar-refractivity contribution is -0.137. The molecule has 3 N–H and O–H groups in total.